The molecule has 0 saturated carbocycles. The van der Waals surface area contributed by atoms with Gasteiger partial charge in [-0.25, -0.2) is 4.90 Å². The summed E-state index contributed by atoms with van der Waals surface area (Å²) in [4.78, 5) is 33.7. The molecule has 160 valence electrons. The van der Waals surface area contributed by atoms with Crippen LogP contribution in [0.3, 0.4) is 0 Å². The largest absolute Gasteiger partial charge is 0.357 e. The van der Waals surface area contributed by atoms with Crippen LogP contribution in [0.2, 0.25) is 5.02 Å². The predicted octanol–water partition coefficient (Wildman–Crippen LogP) is 5.23. The van der Waals surface area contributed by atoms with Crippen molar-refractivity contribution >= 4 is 50.8 Å². The van der Waals surface area contributed by atoms with Crippen LogP contribution in [0.5, 0.6) is 0 Å². The molecule has 3 aromatic carbocycles. The Morgan fingerprint density at radius 2 is 1.81 bits per heavy atom. The molecule has 2 atom stereocenters. The molecule has 1 saturated heterocycles. The molecule has 2 amide bonds. The van der Waals surface area contributed by atoms with E-state index in [2.05, 4.69) is 16.8 Å². The van der Waals surface area contributed by atoms with E-state index in [0.29, 0.717) is 5.69 Å². The number of benzene rings is 3. The Balaban J connectivity index is 1.36. The fourth-order valence-corrected chi connectivity index (χ4v) is 5.60. The van der Waals surface area contributed by atoms with E-state index in [1.165, 1.54) is 10.5 Å². The van der Waals surface area contributed by atoms with Gasteiger partial charge in [-0.3, -0.25) is 14.5 Å². The fourth-order valence-electron chi connectivity index (χ4n) is 5.42. The van der Waals surface area contributed by atoms with Gasteiger partial charge in [-0.2, -0.15) is 0 Å². The SMILES string of the molecule is CC1c2[nH]c3ccc(Cl)cc3c2CCN1C1CC(=O)N(c2cccc3ccccc23)C1=O. The lowest BCUT2D eigenvalue weighted by atomic mass is 9.96. The van der Waals surface area contributed by atoms with Crippen molar-refractivity contribution in [2.45, 2.75) is 31.8 Å². The normalized spacial score (nSPS) is 21.6. The molecule has 32 heavy (non-hydrogen) atoms. The Morgan fingerprint density at radius 3 is 2.69 bits per heavy atom. The number of carbonyl (C=O) groups is 2. The van der Waals surface area contributed by atoms with Crippen molar-refractivity contribution in [3.8, 4) is 0 Å². The van der Waals surface area contributed by atoms with E-state index in [1.54, 1.807) is 0 Å². The molecular formula is C26H22ClN3O2. The monoisotopic (exact) mass is 443 g/mol. The number of rotatable bonds is 2. The van der Waals surface area contributed by atoms with Crippen molar-refractivity contribution in [1.29, 1.82) is 0 Å². The van der Waals surface area contributed by atoms with Gasteiger partial charge in [-0.15, -0.1) is 0 Å². The molecule has 1 fully saturated rings. The summed E-state index contributed by atoms with van der Waals surface area (Å²) >= 11 is 6.23. The number of hydrogen-bond acceptors (Lipinski definition) is 3. The van der Waals surface area contributed by atoms with Gasteiger partial charge in [-0.1, -0.05) is 48.0 Å². The Kier molecular flexibility index (Phi) is 4.39. The second kappa shape index (κ2) is 7.19. The summed E-state index contributed by atoms with van der Waals surface area (Å²) in [5, 5.41) is 3.79. The van der Waals surface area contributed by atoms with Crippen molar-refractivity contribution in [3.05, 3.63) is 76.9 Å². The molecular weight excluding hydrogens is 422 g/mol. The van der Waals surface area contributed by atoms with Crippen LogP contribution >= 0.6 is 11.6 Å². The van der Waals surface area contributed by atoms with Gasteiger partial charge in [0.05, 0.1) is 18.2 Å². The third-order valence-electron chi connectivity index (χ3n) is 6.97. The minimum Gasteiger partial charge on any atom is -0.357 e. The number of halogens is 1. The molecule has 1 N–H and O–H groups in total. The highest BCUT2D eigenvalue weighted by Gasteiger charge is 2.46. The van der Waals surface area contributed by atoms with Gasteiger partial charge in [0, 0.05) is 39.6 Å². The maximum absolute atomic E-state index is 13.6. The zero-order valence-corrected chi connectivity index (χ0v) is 18.4. The van der Waals surface area contributed by atoms with Gasteiger partial charge in [0.15, 0.2) is 0 Å². The number of nitrogens with one attached hydrogen (secondary N) is 1. The van der Waals surface area contributed by atoms with Gasteiger partial charge < -0.3 is 4.98 Å². The number of aromatic amines is 1. The van der Waals surface area contributed by atoms with Gasteiger partial charge in [0.2, 0.25) is 5.91 Å². The first-order valence-electron chi connectivity index (χ1n) is 10.9. The van der Waals surface area contributed by atoms with Gasteiger partial charge in [-0.05, 0) is 48.6 Å². The van der Waals surface area contributed by atoms with Crippen LogP contribution in [-0.4, -0.2) is 34.3 Å². The maximum Gasteiger partial charge on any atom is 0.251 e. The quantitative estimate of drug-likeness (QED) is 0.432. The summed E-state index contributed by atoms with van der Waals surface area (Å²) in [6.45, 7) is 2.83. The summed E-state index contributed by atoms with van der Waals surface area (Å²) in [7, 11) is 0. The molecule has 0 radical (unpaired) electrons. The average molecular weight is 444 g/mol. The first-order chi connectivity index (χ1) is 15.5. The number of H-pyrrole nitrogens is 1. The van der Waals surface area contributed by atoms with Crippen LogP contribution in [0.15, 0.2) is 60.7 Å². The summed E-state index contributed by atoms with van der Waals surface area (Å²) in [6.07, 6.45) is 1.01. The molecule has 0 aliphatic carbocycles. The van der Waals surface area contributed by atoms with Crippen LogP contribution < -0.4 is 4.90 Å². The number of aromatic nitrogens is 1. The van der Waals surface area contributed by atoms with Crippen molar-refractivity contribution in [2.75, 3.05) is 11.4 Å². The highest BCUT2D eigenvalue weighted by Crippen LogP contribution is 2.39. The number of imide groups is 1. The van der Waals surface area contributed by atoms with E-state index in [1.807, 2.05) is 60.7 Å². The van der Waals surface area contributed by atoms with Crippen molar-refractivity contribution < 1.29 is 9.59 Å². The summed E-state index contributed by atoms with van der Waals surface area (Å²) in [6, 6.07) is 19.0. The zero-order chi connectivity index (χ0) is 22.0. The molecule has 0 bridgehead atoms. The molecule has 3 heterocycles. The number of amides is 2. The standard InChI is InChI=1S/C26H22ClN3O2/c1-15-25-19(20-13-17(27)9-10-21(20)28-25)11-12-29(15)23-14-24(31)30(26(23)32)22-8-4-6-16-5-2-3-7-18(16)22/h2-10,13,15,23,28H,11-12,14H2,1H3. The van der Waals surface area contributed by atoms with Gasteiger partial charge in [0.25, 0.3) is 5.91 Å². The summed E-state index contributed by atoms with van der Waals surface area (Å²) in [5.41, 5.74) is 4.09. The Bertz CT molecular complexity index is 1400. The topological polar surface area (TPSA) is 56.4 Å². The average Bonchev–Trinajstić information content (AvgIpc) is 3.31. The molecule has 5 nitrogen and oxygen atoms in total. The van der Waals surface area contributed by atoms with Crippen molar-refractivity contribution in [1.82, 2.24) is 9.88 Å². The number of anilines is 1. The van der Waals surface area contributed by atoms with Crippen LogP contribution in [0.25, 0.3) is 21.7 Å². The zero-order valence-electron chi connectivity index (χ0n) is 17.6. The Hall–Kier alpha value is -3.15. The smallest absolute Gasteiger partial charge is 0.251 e. The molecule has 2 aliphatic rings. The summed E-state index contributed by atoms with van der Waals surface area (Å²) < 4.78 is 0. The second-order valence-corrected chi connectivity index (χ2v) is 9.09. The number of fused-ring (bicyclic) bond motifs is 4. The lowest BCUT2D eigenvalue weighted by Gasteiger charge is -2.36. The molecule has 6 rings (SSSR count). The number of nitrogens with zero attached hydrogens (tertiary/aromatic N) is 2. The Labute approximate surface area is 190 Å². The van der Waals surface area contributed by atoms with E-state index >= 15 is 0 Å². The van der Waals surface area contributed by atoms with E-state index in [4.69, 9.17) is 11.6 Å². The third kappa shape index (κ3) is 2.81. The molecule has 6 heteroatoms. The lowest BCUT2D eigenvalue weighted by molar-refractivity contribution is -0.123. The molecule has 2 aliphatic heterocycles. The number of carbonyl (C=O) groups excluding carboxylic acids is 2. The first-order valence-corrected chi connectivity index (χ1v) is 11.3. The minimum atomic E-state index is -0.459. The fraction of sp³-hybridized carbons (Fsp3) is 0.231. The van der Waals surface area contributed by atoms with E-state index in [9.17, 15) is 9.59 Å². The highest BCUT2D eigenvalue weighted by molar-refractivity contribution is 6.31. The van der Waals surface area contributed by atoms with E-state index < -0.39 is 6.04 Å². The van der Waals surface area contributed by atoms with Gasteiger partial charge in [0.1, 0.15) is 0 Å². The predicted molar refractivity (Wildman–Crippen MR) is 127 cm³/mol. The van der Waals surface area contributed by atoms with E-state index in [-0.39, 0.29) is 24.3 Å². The third-order valence-corrected chi connectivity index (χ3v) is 7.20. The molecule has 1 aromatic heterocycles. The number of hydrogen-bond donors (Lipinski definition) is 1. The van der Waals surface area contributed by atoms with Gasteiger partial charge >= 0.3 is 0 Å². The van der Waals surface area contributed by atoms with Crippen LogP contribution in [0.1, 0.15) is 30.6 Å². The van der Waals surface area contributed by atoms with Crippen molar-refractivity contribution in [3.63, 3.8) is 0 Å². The maximum atomic E-state index is 13.6. The molecule has 4 aromatic rings. The molecule has 0 spiro atoms. The second-order valence-electron chi connectivity index (χ2n) is 8.66. The Morgan fingerprint density at radius 1 is 1.00 bits per heavy atom. The summed E-state index contributed by atoms with van der Waals surface area (Å²) in [5.74, 6) is -0.279. The van der Waals surface area contributed by atoms with Crippen molar-refractivity contribution in [2.24, 2.45) is 0 Å². The van der Waals surface area contributed by atoms with Crippen LogP contribution in [0.4, 0.5) is 5.69 Å². The molecule has 2 unspecified atom stereocenters. The van der Waals surface area contributed by atoms with E-state index in [0.717, 1.165) is 45.4 Å². The van der Waals surface area contributed by atoms with Crippen LogP contribution in [0, 0.1) is 0 Å². The highest BCUT2D eigenvalue weighted by atomic mass is 35.5. The lowest BCUT2D eigenvalue weighted by Crippen LogP contribution is -2.46. The van der Waals surface area contributed by atoms with Crippen LogP contribution in [-0.2, 0) is 16.0 Å². The minimum absolute atomic E-state index is 0.000793. The first kappa shape index (κ1) is 19.5.